The highest BCUT2D eigenvalue weighted by Gasteiger charge is 2.24. The number of aromatic nitrogens is 7. The van der Waals surface area contributed by atoms with Crippen molar-refractivity contribution in [1.82, 2.24) is 34.1 Å². The van der Waals surface area contributed by atoms with E-state index in [1.807, 2.05) is 43.4 Å². The number of para-hydroxylation sites is 3. The van der Waals surface area contributed by atoms with Crippen molar-refractivity contribution < 1.29 is 0 Å². The Bertz CT molecular complexity index is 5140. The minimum atomic E-state index is 0.666. The summed E-state index contributed by atoms with van der Waals surface area (Å²) in [5.41, 5.74) is 15.1. The van der Waals surface area contributed by atoms with Gasteiger partial charge in [0, 0.05) is 60.3 Å². The molecule has 4 heterocycles. The van der Waals surface area contributed by atoms with E-state index in [0.717, 1.165) is 93.8 Å². The van der Waals surface area contributed by atoms with Crippen LogP contribution in [0.15, 0.2) is 225 Å². The Kier molecular flexibility index (Phi) is 9.04. The van der Waals surface area contributed by atoms with Crippen molar-refractivity contribution in [2.45, 2.75) is 0 Å². The molecule has 12 aromatic carbocycles. The zero-order chi connectivity index (χ0) is 50.2. The molecule has 0 aliphatic carbocycles. The summed E-state index contributed by atoms with van der Waals surface area (Å²) in [4.78, 5) is 24.4. The minimum Gasteiger partial charge on any atom is -0.333 e. The average Bonchev–Trinajstić information content (AvgIpc) is 4.20. The molecule has 0 spiro atoms. The Balaban J connectivity index is 1.11. The monoisotopic (exact) mass is 969 g/mol. The van der Waals surface area contributed by atoms with Crippen LogP contribution in [-0.4, -0.2) is 34.1 Å². The summed E-state index contributed by atoms with van der Waals surface area (Å²) in [6.07, 6.45) is 9.40. The van der Waals surface area contributed by atoms with Crippen LogP contribution in [0.4, 0.5) is 0 Å². The van der Waals surface area contributed by atoms with E-state index in [-0.39, 0.29) is 0 Å². The zero-order valence-corrected chi connectivity index (χ0v) is 41.5. The molecule has 16 rings (SSSR count). The fourth-order valence-corrected chi connectivity index (χ4v) is 12.7. The quantitative estimate of drug-likeness (QED) is 0.161. The number of hydrogen-bond donors (Lipinski definition) is 0. The van der Waals surface area contributed by atoms with Crippen LogP contribution in [0.5, 0.6) is 0 Å². The first-order valence-corrected chi connectivity index (χ1v) is 25.7. The van der Waals surface area contributed by atoms with Crippen LogP contribution in [0.3, 0.4) is 0 Å². The van der Waals surface area contributed by atoms with Gasteiger partial charge in [0.1, 0.15) is 0 Å². The zero-order valence-electron chi connectivity index (χ0n) is 41.5. The van der Waals surface area contributed by atoms with E-state index in [1.54, 1.807) is 0 Å². The Morgan fingerprint density at radius 3 is 1.49 bits per heavy atom. The molecule has 7 nitrogen and oxygen atoms in total. The van der Waals surface area contributed by atoms with Gasteiger partial charge >= 0.3 is 0 Å². The maximum atomic E-state index is 4.97. The SMILES string of the molecule is Cn1cnc2cccc(-c3ccc4c5ccc(-c6cccc7ncn(C)c67)cc5c5c6cc(-c7ncccn7)cc(-c7cc8ccccc8c8ccc(-c9cccc%10cccnc9%10)cc78)c6c6ccccc6c5c4c3)c21. The summed E-state index contributed by atoms with van der Waals surface area (Å²) in [5.74, 6) is 0.666. The van der Waals surface area contributed by atoms with Crippen LogP contribution >= 0.6 is 0 Å². The topological polar surface area (TPSA) is 74.3 Å². The van der Waals surface area contributed by atoms with Crippen molar-refractivity contribution in [3.8, 4) is 55.9 Å². The van der Waals surface area contributed by atoms with Crippen molar-refractivity contribution in [2.75, 3.05) is 0 Å². The summed E-state index contributed by atoms with van der Waals surface area (Å²) in [7, 11) is 4.16. The highest BCUT2D eigenvalue weighted by molar-refractivity contribution is 6.42. The second-order valence-electron chi connectivity index (χ2n) is 20.2. The molecule has 0 atom stereocenters. The number of aryl methyl sites for hydroxylation is 2. The largest absolute Gasteiger partial charge is 0.333 e. The van der Waals surface area contributed by atoms with Gasteiger partial charge in [-0.25, -0.2) is 19.9 Å². The number of hydrogen-bond acceptors (Lipinski definition) is 5. The Hall–Kier alpha value is -10.1. The standard InChI is InChI=1S/C69H43N7/c1-75-38-73-61-21-8-19-48(67(61)75)43-24-27-51-52-28-25-44(49-20-9-22-62-68(49)76(2)39-74-62)35-58(52)65-60-37-45(69-71-30-11-31-72-69)36-59(63(60)53-16-5-6-17-54(53)64(65)57(51)34-43)56-32-41-12-3-4-15-46(41)50-26-23-42(33-55(50)56)47-18-7-13-40-14-10-29-70-66(40)47/h3-39H,1-2H3. The highest BCUT2D eigenvalue weighted by atomic mass is 15.0. The molecule has 4 aromatic heterocycles. The van der Waals surface area contributed by atoms with Gasteiger partial charge in [-0.2, -0.15) is 0 Å². The number of pyridine rings is 1. The van der Waals surface area contributed by atoms with E-state index >= 15 is 0 Å². The van der Waals surface area contributed by atoms with Crippen LogP contribution in [-0.2, 0) is 14.1 Å². The fourth-order valence-electron chi connectivity index (χ4n) is 12.7. The van der Waals surface area contributed by atoms with Gasteiger partial charge in [-0.3, -0.25) is 4.98 Å². The number of rotatable bonds is 5. The van der Waals surface area contributed by atoms with Gasteiger partial charge in [0.05, 0.1) is 40.2 Å². The molecule has 0 saturated heterocycles. The van der Waals surface area contributed by atoms with Gasteiger partial charge in [-0.05, 0) is 164 Å². The predicted octanol–water partition coefficient (Wildman–Crippen LogP) is 17.2. The third kappa shape index (κ3) is 6.20. The third-order valence-electron chi connectivity index (χ3n) is 16.0. The molecule has 0 fully saturated rings. The third-order valence-corrected chi connectivity index (χ3v) is 16.0. The van der Waals surface area contributed by atoms with Crippen LogP contribution in [0.25, 0.3) is 164 Å². The summed E-state index contributed by atoms with van der Waals surface area (Å²) in [6, 6.07) is 71.4. The second kappa shape index (κ2) is 16.2. The molecule has 16 aromatic rings. The van der Waals surface area contributed by atoms with E-state index in [0.29, 0.717) is 5.82 Å². The first kappa shape index (κ1) is 42.4. The van der Waals surface area contributed by atoms with Gasteiger partial charge in [0.25, 0.3) is 0 Å². The lowest BCUT2D eigenvalue weighted by atomic mass is 9.82. The number of nitrogens with zero attached hydrogens (tertiary/aromatic N) is 7. The van der Waals surface area contributed by atoms with Gasteiger partial charge in [-0.1, -0.05) is 133 Å². The van der Waals surface area contributed by atoms with E-state index in [9.17, 15) is 0 Å². The number of benzene rings is 12. The van der Waals surface area contributed by atoms with Crippen molar-refractivity contribution in [3.63, 3.8) is 0 Å². The summed E-state index contributed by atoms with van der Waals surface area (Å²) in [5, 5.41) is 17.6. The van der Waals surface area contributed by atoms with Gasteiger partial charge in [0.2, 0.25) is 0 Å². The van der Waals surface area contributed by atoms with Crippen LogP contribution in [0, 0.1) is 0 Å². The lowest BCUT2D eigenvalue weighted by molar-refractivity contribution is 0.948. The van der Waals surface area contributed by atoms with Gasteiger partial charge in [0.15, 0.2) is 5.82 Å². The van der Waals surface area contributed by atoms with Crippen molar-refractivity contribution in [3.05, 3.63) is 225 Å². The summed E-state index contributed by atoms with van der Waals surface area (Å²) in [6.45, 7) is 0. The molecule has 7 heteroatoms. The summed E-state index contributed by atoms with van der Waals surface area (Å²) < 4.78 is 4.27. The Morgan fingerprint density at radius 1 is 0.289 bits per heavy atom. The van der Waals surface area contributed by atoms with Gasteiger partial charge < -0.3 is 9.13 Å². The molecule has 0 saturated carbocycles. The van der Waals surface area contributed by atoms with E-state index in [2.05, 4.69) is 205 Å². The molecule has 0 radical (unpaired) electrons. The molecule has 0 amide bonds. The van der Waals surface area contributed by atoms with E-state index < -0.39 is 0 Å². The fraction of sp³-hybridized carbons (Fsp3) is 0.0290. The first-order chi connectivity index (χ1) is 37.5. The van der Waals surface area contributed by atoms with Gasteiger partial charge in [-0.15, -0.1) is 0 Å². The van der Waals surface area contributed by atoms with Crippen LogP contribution in [0.1, 0.15) is 0 Å². The molecule has 0 aliphatic rings. The molecular weight excluding hydrogens is 927 g/mol. The molecule has 0 unspecified atom stereocenters. The Morgan fingerprint density at radius 2 is 0.803 bits per heavy atom. The van der Waals surface area contributed by atoms with Crippen LogP contribution in [0.2, 0.25) is 0 Å². The van der Waals surface area contributed by atoms with Crippen molar-refractivity contribution in [2.24, 2.45) is 14.1 Å². The highest BCUT2D eigenvalue weighted by Crippen LogP contribution is 2.51. The number of imidazole rings is 2. The smallest absolute Gasteiger partial charge is 0.159 e. The second-order valence-corrected chi connectivity index (χ2v) is 20.2. The lowest BCUT2D eigenvalue weighted by Crippen LogP contribution is -1.95. The van der Waals surface area contributed by atoms with Crippen LogP contribution < -0.4 is 0 Å². The minimum absolute atomic E-state index is 0.666. The lowest BCUT2D eigenvalue weighted by Gasteiger charge is -2.21. The molecule has 0 N–H and O–H groups in total. The number of fused-ring (bicyclic) bond motifs is 17. The van der Waals surface area contributed by atoms with E-state index in [4.69, 9.17) is 24.9 Å². The molecule has 354 valence electrons. The maximum absolute atomic E-state index is 4.97. The van der Waals surface area contributed by atoms with Crippen molar-refractivity contribution >= 4 is 108 Å². The van der Waals surface area contributed by atoms with Crippen molar-refractivity contribution in [1.29, 1.82) is 0 Å². The predicted molar refractivity (Wildman–Crippen MR) is 316 cm³/mol. The van der Waals surface area contributed by atoms with E-state index in [1.165, 1.54) is 64.6 Å². The molecular formula is C69H43N7. The summed E-state index contributed by atoms with van der Waals surface area (Å²) >= 11 is 0. The normalized spacial score (nSPS) is 12.1. The molecule has 76 heavy (non-hydrogen) atoms. The first-order valence-electron chi connectivity index (χ1n) is 25.7. The Labute approximate surface area is 435 Å². The average molecular weight is 970 g/mol. The maximum Gasteiger partial charge on any atom is 0.159 e. The molecule has 0 bridgehead atoms. The molecule has 0 aliphatic heterocycles.